The minimum absolute atomic E-state index is 0.0408. The van der Waals surface area contributed by atoms with Gasteiger partial charge in [0.15, 0.2) is 6.61 Å². The van der Waals surface area contributed by atoms with Crippen molar-refractivity contribution < 1.29 is 31.1 Å². The molecule has 0 unspecified atom stereocenters. The standard InChI is InChI=1S/C10H17F3N2O4S/c1-2-20(17,18)14-8-3-5-15(6-4-8)9(16)19-7-10(11,12)13/h8,14H,2-7H2,1H3. The number of ether oxygens (including phenoxy) is 1. The van der Waals surface area contributed by atoms with Gasteiger partial charge in [0.1, 0.15) is 0 Å². The molecule has 0 saturated carbocycles. The highest BCUT2D eigenvalue weighted by Crippen LogP contribution is 2.17. The molecule has 118 valence electrons. The van der Waals surface area contributed by atoms with Gasteiger partial charge in [-0.1, -0.05) is 0 Å². The molecule has 0 aliphatic carbocycles. The van der Waals surface area contributed by atoms with E-state index in [0.29, 0.717) is 12.8 Å². The SMILES string of the molecule is CCS(=O)(=O)NC1CCN(C(=O)OCC(F)(F)F)CC1. The maximum Gasteiger partial charge on any atom is 0.422 e. The van der Waals surface area contributed by atoms with Crippen LogP contribution in [0.5, 0.6) is 0 Å². The fraction of sp³-hybridized carbons (Fsp3) is 0.900. The van der Waals surface area contributed by atoms with E-state index in [0.717, 1.165) is 4.90 Å². The second kappa shape index (κ2) is 6.61. The number of alkyl halides is 3. The number of nitrogens with zero attached hydrogens (tertiary/aromatic N) is 1. The summed E-state index contributed by atoms with van der Waals surface area (Å²) in [5, 5.41) is 0. The summed E-state index contributed by atoms with van der Waals surface area (Å²) in [6, 6.07) is -0.299. The van der Waals surface area contributed by atoms with E-state index in [4.69, 9.17) is 0 Å². The lowest BCUT2D eigenvalue weighted by molar-refractivity contribution is -0.162. The Morgan fingerprint density at radius 3 is 2.35 bits per heavy atom. The van der Waals surface area contributed by atoms with Gasteiger partial charge in [-0.2, -0.15) is 13.2 Å². The molecular weight excluding hydrogens is 301 g/mol. The molecular formula is C10H17F3N2O4S. The summed E-state index contributed by atoms with van der Waals surface area (Å²) in [5.74, 6) is -0.0408. The summed E-state index contributed by atoms with van der Waals surface area (Å²) in [6.07, 6.45) is -4.88. The number of carbonyl (C=O) groups excluding carboxylic acids is 1. The van der Waals surface area contributed by atoms with Gasteiger partial charge in [0, 0.05) is 19.1 Å². The quantitative estimate of drug-likeness (QED) is 0.842. The fourth-order valence-corrected chi connectivity index (χ4v) is 2.66. The fourth-order valence-electron chi connectivity index (χ4n) is 1.75. The first-order valence-corrected chi connectivity index (χ1v) is 7.76. The van der Waals surface area contributed by atoms with Crippen molar-refractivity contribution in [1.82, 2.24) is 9.62 Å². The summed E-state index contributed by atoms with van der Waals surface area (Å²) in [4.78, 5) is 12.5. The summed E-state index contributed by atoms with van der Waals surface area (Å²) in [6.45, 7) is 0.210. The summed E-state index contributed by atoms with van der Waals surface area (Å²) < 4.78 is 65.0. The molecule has 1 saturated heterocycles. The molecule has 0 aromatic heterocycles. The third-order valence-electron chi connectivity index (χ3n) is 2.84. The van der Waals surface area contributed by atoms with Crippen LogP contribution in [0.25, 0.3) is 0 Å². The van der Waals surface area contributed by atoms with E-state index in [9.17, 15) is 26.4 Å². The van der Waals surface area contributed by atoms with E-state index in [1.807, 2.05) is 0 Å². The Labute approximate surface area is 115 Å². The number of hydrogen-bond donors (Lipinski definition) is 1. The Kier molecular flexibility index (Phi) is 5.63. The van der Waals surface area contributed by atoms with Crippen LogP contribution in [0.4, 0.5) is 18.0 Å². The van der Waals surface area contributed by atoms with E-state index >= 15 is 0 Å². The highest BCUT2D eigenvalue weighted by molar-refractivity contribution is 7.89. The van der Waals surface area contributed by atoms with Crippen molar-refractivity contribution in [1.29, 1.82) is 0 Å². The number of rotatable bonds is 4. The van der Waals surface area contributed by atoms with Crippen molar-refractivity contribution in [2.75, 3.05) is 25.4 Å². The molecule has 1 rings (SSSR count). The molecule has 0 aromatic carbocycles. The van der Waals surface area contributed by atoms with Gasteiger partial charge in [0.25, 0.3) is 0 Å². The first kappa shape index (κ1) is 17.0. The van der Waals surface area contributed by atoms with Crippen molar-refractivity contribution in [3.8, 4) is 0 Å². The molecule has 1 aliphatic rings. The Bertz CT molecular complexity index is 430. The van der Waals surface area contributed by atoms with Crippen molar-refractivity contribution in [3.63, 3.8) is 0 Å². The lowest BCUT2D eigenvalue weighted by Gasteiger charge is -2.31. The van der Waals surface area contributed by atoms with E-state index in [-0.39, 0.29) is 24.9 Å². The van der Waals surface area contributed by atoms with Crippen LogP contribution < -0.4 is 4.72 Å². The maximum atomic E-state index is 11.9. The molecule has 1 fully saturated rings. The number of piperidine rings is 1. The normalized spacial score (nSPS) is 18.1. The second-order valence-electron chi connectivity index (χ2n) is 4.45. The zero-order valence-corrected chi connectivity index (χ0v) is 11.8. The molecule has 1 N–H and O–H groups in total. The van der Waals surface area contributed by atoms with Gasteiger partial charge < -0.3 is 9.64 Å². The third kappa shape index (κ3) is 5.95. The Morgan fingerprint density at radius 1 is 1.35 bits per heavy atom. The third-order valence-corrected chi connectivity index (χ3v) is 4.29. The zero-order chi connectivity index (χ0) is 15.4. The Hall–Kier alpha value is -1.03. The van der Waals surface area contributed by atoms with E-state index in [1.165, 1.54) is 6.92 Å². The Morgan fingerprint density at radius 2 is 1.90 bits per heavy atom. The molecule has 0 bridgehead atoms. The van der Waals surface area contributed by atoms with Crippen molar-refractivity contribution in [2.45, 2.75) is 32.0 Å². The summed E-state index contributed by atoms with van der Waals surface area (Å²) >= 11 is 0. The molecule has 0 aromatic rings. The monoisotopic (exact) mass is 318 g/mol. The molecule has 10 heteroatoms. The van der Waals surface area contributed by atoms with Gasteiger partial charge in [0.05, 0.1) is 5.75 Å². The molecule has 0 radical (unpaired) electrons. The molecule has 20 heavy (non-hydrogen) atoms. The van der Waals surface area contributed by atoms with Crippen molar-refractivity contribution in [3.05, 3.63) is 0 Å². The van der Waals surface area contributed by atoms with Gasteiger partial charge in [-0.3, -0.25) is 0 Å². The van der Waals surface area contributed by atoms with Crippen LogP contribution in [-0.4, -0.2) is 57.1 Å². The zero-order valence-electron chi connectivity index (χ0n) is 10.9. The van der Waals surface area contributed by atoms with Gasteiger partial charge in [-0.15, -0.1) is 0 Å². The first-order valence-electron chi connectivity index (χ1n) is 6.11. The van der Waals surface area contributed by atoms with Crippen LogP contribution in [0.2, 0.25) is 0 Å². The Balaban J connectivity index is 2.37. The van der Waals surface area contributed by atoms with Gasteiger partial charge in [0.2, 0.25) is 10.0 Å². The molecule has 0 atom stereocenters. The van der Waals surface area contributed by atoms with Crippen LogP contribution >= 0.6 is 0 Å². The van der Waals surface area contributed by atoms with Crippen molar-refractivity contribution >= 4 is 16.1 Å². The van der Waals surface area contributed by atoms with Crippen molar-refractivity contribution in [2.24, 2.45) is 0 Å². The van der Waals surface area contributed by atoms with Gasteiger partial charge in [-0.25, -0.2) is 17.9 Å². The minimum Gasteiger partial charge on any atom is -0.440 e. The van der Waals surface area contributed by atoms with Crippen LogP contribution in [0.15, 0.2) is 0 Å². The molecule has 6 nitrogen and oxygen atoms in total. The average Bonchev–Trinajstić information content (AvgIpc) is 2.35. The number of likely N-dealkylation sites (tertiary alicyclic amines) is 1. The number of amides is 1. The summed E-state index contributed by atoms with van der Waals surface area (Å²) in [7, 11) is -3.32. The van der Waals surface area contributed by atoms with Crippen LogP contribution in [-0.2, 0) is 14.8 Å². The highest BCUT2D eigenvalue weighted by Gasteiger charge is 2.32. The summed E-state index contributed by atoms with van der Waals surface area (Å²) in [5.41, 5.74) is 0. The smallest absolute Gasteiger partial charge is 0.422 e. The predicted molar refractivity (Wildman–Crippen MR) is 64.6 cm³/mol. The largest absolute Gasteiger partial charge is 0.440 e. The van der Waals surface area contributed by atoms with Crippen LogP contribution in [0, 0.1) is 0 Å². The second-order valence-corrected chi connectivity index (χ2v) is 6.49. The molecule has 1 heterocycles. The topological polar surface area (TPSA) is 75.7 Å². The number of carbonyl (C=O) groups is 1. The number of sulfonamides is 1. The van der Waals surface area contributed by atoms with E-state index in [2.05, 4.69) is 9.46 Å². The number of hydrogen-bond acceptors (Lipinski definition) is 4. The lowest BCUT2D eigenvalue weighted by Crippen LogP contribution is -2.47. The molecule has 0 spiro atoms. The highest BCUT2D eigenvalue weighted by atomic mass is 32.2. The average molecular weight is 318 g/mol. The minimum atomic E-state index is -4.55. The number of nitrogens with one attached hydrogen (secondary N) is 1. The molecule has 1 aliphatic heterocycles. The van der Waals surface area contributed by atoms with Gasteiger partial charge in [-0.05, 0) is 19.8 Å². The van der Waals surface area contributed by atoms with Crippen LogP contribution in [0.1, 0.15) is 19.8 Å². The van der Waals surface area contributed by atoms with E-state index in [1.54, 1.807) is 0 Å². The predicted octanol–water partition coefficient (Wildman–Crippen LogP) is 1.09. The molecule has 1 amide bonds. The van der Waals surface area contributed by atoms with Crippen LogP contribution in [0.3, 0.4) is 0 Å². The first-order chi connectivity index (χ1) is 9.13. The van der Waals surface area contributed by atoms with E-state index < -0.39 is 28.9 Å². The van der Waals surface area contributed by atoms with Gasteiger partial charge >= 0.3 is 12.3 Å². The lowest BCUT2D eigenvalue weighted by atomic mass is 10.1. The number of halogens is 3. The maximum absolute atomic E-state index is 11.9.